The van der Waals surface area contributed by atoms with Gasteiger partial charge < -0.3 is 14.4 Å². The minimum Gasteiger partial charge on any atom is -0.493 e. The number of ether oxygens (including phenoxy) is 2. The van der Waals surface area contributed by atoms with E-state index < -0.39 is 0 Å². The molecule has 2 aromatic rings. The predicted octanol–water partition coefficient (Wildman–Crippen LogP) is 4.81. The lowest BCUT2D eigenvalue weighted by atomic mass is 10.1. The van der Waals surface area contributed by atoms with Gasteiger partial charge in [0.05, 0.1) is 23.1 Å². The zero-order valence-electron chi connectivity index (χ0n) is 16.0. The fourth-order valence-electron chi connectivity index (χ4n) is 3.14. The first kappa shape index (κ1) is 21.2. The number of halogens is 2. The summed E-state index contributed by atoms with van der Waals surface area (Å²) in [6, 6.07) is 7.35. The van der Waals surface area contributed by atoms with E-state index >= 15 is 0 Å². The third-order valence-corrected chi connectivity index (χ3v) is 6.09. The highest BCUT2D eigenvalue weighted by molar-refractivity contribution is 7.16. The Labute approximate surface area is 179 Å². The first-order valence-electron chi connectivity index (χ1n) is 9.28. The van der Waals surface area contributed by atoms with Crippen molar-refractivity contribution in [2.75, 3.05) is 39.9 Å². The number of piperazine rings is 1. The first-order chi connectivity index (χ1) is 13.5. The van der Waals surface area contributed by atoms with Crippen LogP contribution in [0.2, 0.25) is 9.36 Å². The molecule has 0 unspecified atom stereocenters. The van der Waals surface area contributed by atoms with Crippen LogP contribution in [-0.2, 0) is 6.54 Å². The highest BCUT2D eigenvalue weighted by Gasteiger charge is 2.24. The molecule has 0 bridgehead atoms. The normalized spacial score (nSPS) is 14.9. The van der Waals surface area contributed by atoms with Crippen LogP contribution in [0.5, 0.6) is 11.5 Å². The number of hydrogen-bond donors (Lipinski definition) is 0. The maximum Gasteiger partial charge on any atom is 0.254 e. The van der Waals surface area contributed by atoms with Crippen molar-refractivity contribution in [3.8, 4) is 11.5 Å². The summed E-state index contributed by atoms with van der Waals surface area (Å²) in [5.41, 5.74) is 0.518. The van der Waals surface area contributed by atoms with E-state index in [2.05, 4.69) is 11.0 Å². The molecular weight excluding hydrogens is 419 g/mol. The predicted molar refractivity (Wildman–Crippen MR) is 114 cm³/mol. The molecule has 1 aliphatic rings. The second-order valence-corrected chi connectivity index (χ2v) is 8.82. The zero-order chi connectivity index (χ0) is 20.1. The summed E-state index contributed by atoms with van der Waals surface area (Å²) in [6.45, 7) is 6.42. The summed E-state index contributed by atoms with van der Waals surface area (Å²) in [4.78, 5) is 18.4. The zero-order valence-corrected chi connectivity index (χ0v) is 18.4. The van der Waals surface area contributed by atoms with Gasteiger partial charge in [0, 0.05) is 43.2 Å². The Morgan fingerprint density at radius 3 is 2.54 bits per heavy atom. The summed E-state index contributed by atoms with van der Waals surface area (Å²) >= 11 is 14.0. The van der Waals surface area contributed by atoms with Crippen molar-refractivity contribution in [3.63, 3.8) is 0 Å². The summed E-state index contributed by atoms with van der Waals surface area (Å²) in [6.07, 6.45) is 0.863. The maximum atomic E-state index is 13.0. The minimum atomic E-state index is -0.0407. The average molecular weight is 443 g/mol. The van der Waals surface area contributed by atoms with Gasteiger partial charge in [0.15, 0.2) is 11.5 Å². The van der Waals surface area contributed by atoms with Gasteiger partial charge in [-0.05, 0) is 30.7 Å². The van der Waals surface area contributed by atoms with Gasteiger partial charge in [-0.1, -0.05) is 30.1 Å². The Balaban J connectivity index is 1.63. The van der Waals surface area contributed by atoms with Crippen LogP contribution in [0.1, 0.15) is 28.6 Å². The molecule has 1 saturated heterocycles. The molecule has 0 spiro atoms. The summed E-state index contributed by atoms with van der Waals surface area (Å²) in [5, 5.41) is 0.393. The molecule has 1 aromatic heterocycles. The molecular formula is C20H24Cl2N2O3S. The van der Waals surface area contributed by atoms with Crippen LogP contribution in [-0.4, -0.2) is 55.6 Å². The number of carbonyl (C=O) groups is 1. The van der Waals surface area contributed by atoms with Crippen molar-refractivity contribution < 1.29 is 14.3 Å². The Morgan fingerprint density at radius 2 is 1.93 bits per heavy atom. The number of nitrogens with zero attached hydrogens (tertiary/aromatic N) is 2. The molecule has 0 atom stereocenters. The number of rotatable bonds is 7. The Morgan fingerprint density at radius 1 is 1.18 bits per heavy atom. The van der Waals surface area contributed by atoms with Crippen molar-refractivity contribution in [2.45, 2.75) is 19.9 Å². The Hall–Kier alpha value is -1.47. The smallest absolute Gasteiger partial charge is 0.254 e. The number of benzene rings is 1. The number of methoxy groups -OCH3 is 1. The molecule has 0 saturated carbocycles. The van der Waals surface area contributed by atoms with Crippen LogP contribution in [0, 0.1) is 0 Å². The second-order valence-electron chi connectivity index (χ2n) is 6.61. The lowest BCUT2D eigenvalue weighted by Crippen LogP contribution is -2.48. The van der Waals surface area contributed by atoms with Gasteiger partial charge >= 0.3 is 0 Å². The highest BCUT2D eigenvalue weighted by atomic mass is 35.5. The monoisotopic (exact) mass is 442 g/mol. The Kier molecular flexibility index (Phi) is 7.46. The van der Waals surface area contributed by atoms with Gasteiger partial charge in [0.25, 0.3) is 5.91 Å². The molecule has 8 heteroatoms. The van der Waals surface area contributed by atoms with Crippen molar-refractivity contribution in [2.24, 2.45) is 0 Å². The maximum absolute atomic E-state index is 13.0. The third kappa shape index (κ3) is 5.11. The minimum absolute atomic E-state index is 0.0407. The third-order valence-electron chi connectivity index (χ3n) is 4.59. The van der Waals surface area contributed by atoms with Crippen molar-refractivity contribution in [1.82, 2.24) is 9.80 Å². The molecule has 1 aliphatic heterocycles. The Bertz CT molecular complexity index is 820. The molecule has 28 heavy (non-hydrogen) atoms. The van der Waals surface area contributed by atoms with Gasteiger partial charge in [-0.2, -0.15) is 0 Å². The number of thiophene rings is 1. The molecule has 1 amide bonds. The van der Waals surface area contributed by atoms with Crippen molar-refractivity contribution in [3.05, 3.63) is 44.1 Å². The van der Waals surface area contributed by atoms with Crippen molar-refractivity contribution >= 4 is 40.4 Å². The first-order valence-corrected chi connectivity index (χ1v) is 10.8. The van der Waals surface area contributed by atoms with E-state index in [1.807, 2.05) is 17.9 Å². The van der Waals surface area contributed by atoms with E-state index in [0.29, 0.717) is 41.8 Å². The summed E-state index contributed by atoms with van der Waals surface area (Å²) < 4.78 is 11.9. The molecule has 0 N–H and O–H groups in total. The molecule has 3 rings (SSSR count). The lowest BCUT2D eigenvalue weighted by molar-refractivity contribution is 0.0629. The quantitative estimate of drug-likeness (QED) is 0.616. The van der Waals surface area contributed by atoms with Crippen LogP contribution in [0.15, 0.2) is 24.3 Å². The van der Waals surface area contributed by atoms with Crippen LogP contribution in [0.25, 0.3) is 0 Å². The van der Waals surface area contributed by atoms with Crippen LogP contribution < -0.4 is 9.47 Å². The van der Waals surface area contributed by atoms with E-state index in [0.717, 1.165) is 30.4 Å². The topological polar surface area (TPSA) is 42.0 Å². The van der Waals surface area contributed by atoms with Gasteiger partial charge in [0.1, 0.15) is 0 Å². The molecule has 0 aliphatic carbocycles. The molecule has 5 nitrogen and oxygen atoms in total. The fourth-order valence-corrected chi connectivity index (χ4v) is 4.53. The number of hydrogen-bond acceptors (Lipinski definition) is 5. The van der Waals surface area contributed by atoms with E-state index in [1.54, 1.807) is 30.6 Å². The van der Waals surface area contributed by atoms with E-state index in [4.69, 9.17) is 32.7 Å². The van der Waals surface area contributed by atoms with Crippen LogP contribution in [0.4, 0.5) is 0 Å². The molecule has 0 radical (unpaired) electrons. The number of amides is 1. The van der Waals surface area contributed by atoms with Crippen LogP contribution in [0.3, 0.4) is 0 Å². The van der Waals surface area contributed by atoms with E-state index in [1.165, 1.54) is 4.88 Å². The molecule has 2 heterocycles. The van der Waals surface area contributed by atoms with E-state index in [-0.39, 0.29) is 5.91 Å². The fraction of sp³-hybridized carbons (Fsp3) is 0.450. The van der Waals surface area contributed by atoms with Crippen molar-refractivity contribution in [1.29, 1.82) is 0 Å². The van der Waals surface area contributed by atoms with Gasteiger partial charge in [0.2, 0.25) is 0 Å². The summed E-state index contributed by atoms with van der Waals surface area (Å²) in [7, 11) is 1.55. The molecule has 152 valence electrons. The molecule has 1 fully saturated rings. The lowest BCUT2D eigenvalue weighted by Gasteiger charge is -2.34. The SMILES string of the molecule is CCCOc1c(Cl)cc(C(=O)N2CCN(Cc3ccc(Cl)s3)CC2)cc1OC. The largest absolute Gasteiger partial charge is 0.493 e. The standard InChI is InChI=1S/C20H24Cl2N2O3S/c1-3-10-27-19-16(21)11-14(12-17(19)26-2)20(25)24-8-6-23(7-9-24)13-15-4-5-18(22)28-15/h4-5,11-12H,3,6-10,13H2,1-2H3. The number of carbonyl (C=O) groups excluding carboxylic acids is 1. The highest BCUT2D eigenvalue weighted by Crippen LogP contribution is 2.37. The van der Waals surface area contributed by atoms with Gasteiger partial charge in [-0.15, -0.1) is 11.3 Å². The van der Waals surface area contributed by atoms with Crippen LogP contribution >= 0.6 is 34.5 Å². The second kappa shape index (κ2) is 9.83. The molecule has 1 aromatic carbocycles. The van der Waals surface area contributed by atoms with Gasteiger partial charge in [-0.25, -0.2) is 0 Å². The van der Waals surface area contributed by atoms with E-state index in [9.17, 15) is 4.79 Å². The summed E-state index contributed by atoms with van der Waals surface area (Å²) in [5.74, 6) is 0.931. The average Bonchev–Trinajstić information content (AvgIpc) is 3.11. The van der Waals surface area contributed by atoms with Gasteiger partial charge in [-0.3, -0.25) is 9.69 Å².